The van der Waals surface area contributed by atoms with Crippen LogP contribution in [0.5, 0.6) is 0 Å². The van der Waals surface area contributed by atoms with Gasteiger partial charge >= 0.3 is 0 Å². The molecule has 1 aromatic carbocycles. The molecule has 2 heterocycles. The van der Waals surface area contributed by atoms with E-state index in [-0.39, 0.29) is 5.82 Å². The Bertz CT molecular complexity index is 673. The maximum atomic E-state index is 13.1. The molecule has 0 fully saturated rings. The minimum Gasteiger partial charge on any atom is -0.397 e. The Hall–Kier alpha value is -1.94. The summed E-state index contributed by atoms with van der Waals surface area (Å²) in [7, 11) is 0. The van der Waals surface area contributed by atoms with E-state index in [1.54, 1.807) is 23.6 Å². The van der Waals surface area contributed by atoms with E-state index in [9.17, 15) is 4.39 Å². The summed E-state index contributed by atoms with van der Waals surface area (Å²) in [6.07, 6.45) is 1.63. The summed E-state index contributed by atoms with van der Waals surface area (Å²) >= 11 is 1.59. The van der Waals surface area contributed by atoms with E-state index in [1.807, 2.05) is 18.2 Å². The Morgan fingerprint density at radius 3 is 2.76 bits per heavy atom. The van der Waals surface area contributed by atoms with E-state index in [2.05, 4.69) is 4.98 Å². The standard InChI is InChI=1S/C13H9FN2S/c14-9-1-4-12-8(5-9)6-13(17-12)11-3-2-10(15)7-16-11/h1-7H,15H2. The molecule has 0 aliphatic carbocycles. The van der Waals surface area contributed by atoms with Crippen LogP contribution in [0, 0.1) is 5.82 Å². The number of aromatic nitrogens is 1. The van der Waals surface area contributed by atoms with Gasteiger partial charge < -0.3 is 5.73 Å². The number of pyridine rings is 1. The number of hydrogen-bond acceptors (Lipinski definition) is 3. The summed E-state index contributed by atoms with van der Waals surface area (Å²) < 4.78 is 14.1. The fraction of sp³-hybridized carbons (Fsp3) is 0. The van der Waals surface area contributed by atoms with Crippen LogP contribution in [0.2, 0.25) is 0 Å². The second-order valence-corrected chi connectivity index (χ2v) is 4.85. The molecule has 2 N–H and O–H groups in total. The summed E-state index contributed by atoms with van der Waals surface area (Å²) in [5.41, 5.74) is 7.09. The van der Waals surface area contributed by atoms with E-state index >= 15 is 0 Å². The predicted octanol–water partition coefficient (Wildman–Crippen LogP) is 3.68. The normalized spacial score (nSPS) is 10.9. The monoisotopic (exact) mass is 244 g/mol. The van der Waals surface area contributed by atoms with Crippen LogP contribution in [-0.2, 0) is 0 Å². The minimum atomic E-state index is -0.216. The minimum absolute atomic E-state index is 0.216. The van der Waals surface area contributed by atoms with Gasteiger partial charge in [0.25, 0.3) is 0 Å². The fourth-order valence-corrected chi connectivity index (χ4v) is 2.71. The zero-order valence-electron chi connectivity index (χ0n) is 8.85. The van der Waals surface area contributed by atoms with Gasteiger partial charge in [0.15, 0.2) is 0 Å². The van der Waals surface area contributed by atoms with Crippen LogP contribution in [0.25, 0.3) is 20.7 Å². The third kappa shape index (κ3) is 1.87. The maximum Gasteiger partial charge on any atom is 0.123 e. The number of benzene rings is 1. The maximum absolute atomic E-state index is 13.1. The van der Waals surface area contributed by atoms with Crippen molar-refractivity contribution in [1.82, 2.24) is 4.98 Å². The molecular weight excluding hydrogens is 235 g/mol. The second-order valence-electron chi connectivity index (χ2n) is 3.77. The molecule has 0 saturated carbocycles. The van der Waals surface area contributed by atoms with Gasteiger partial charge in [-0.15, -0.1) is 11.3 Å². The van der Waals surface area contributed by atoms with E-state index in [4.69, 9.17) is 5.73 Å². The van der Waals surface area contributed by atoms with Crippen LogP contribution in [-0.4, -0.2) is 4.98 Å². The van der Waals surface area contributed by atoms with Gasteiger partial charge in [-0.1, -0.05) is 0 Å². The average Bonchev–Trinajstić information content (AvgIpc) is 2.72. The van der Waals surface area contributed by atoms with E-state index in [0.29, 0.717) is 5.69 Å². The van der Waals surface area contributed by atoms with Gasteiger partial charge in [-0.25, -0.2) is 4.39 Å². The highest BCUT2D eigenvalue weighted by Gasteiger charge is 2.05. The van der Waals surface area contributed by atoms with Crippen molar-refractivity contribution in [3.63, 3.8) is 0 Å². The molecule has 4 heteroatoms. The summed E-state index contributed by atoms with van der Waals surface area (Å²) in [4.78, 5) is 5.28. The third-order valence-electron chi connectivity index (χ3n) is 2.52. The van der Waals surface area contributed by atoms with Crippen LogP contribution in [0.4, 0.5) is 10.1 Å². The molecular formula is C13H9FN2S. The highest BCUT2D eigenvalue weighted by molar-refractivity contribution is 7.22. The molecule has 17 heavy (non-hydrogen) atoms. The van der Waals surface area contributed by atoms with Crippen molar-refractivity contribution in [2.75, 3.05) is 5.73 Å². The molecule has 2 nitrogen and oxygen atoms in total. The lowest BCUT2D eigenvalue weighted by Gasteiger charge is -1.95. The largest absolute Gasteiger partial charge is 0.397 e. The Morgan fingerprint density at radius 1 is 1.12 bits per heavy atom. The van der Waals surface area contributed by atoms with Crippen LogP contribution in [0.1, 0.15) is 0 Å². The second kappa shape index (κ2) is 3.82. The molecule has 3 rings (SSSR count). The molecule has 0 bridgehead atoms. The number of rotatable bonds is 1. The number of thiophene rings is 1. The summed E-state index contributed by atoms with van der Waals surface area (Å²) in [6, 6.07) is 10.4. The SMILES string of the molecule is Nc1ccc(-c2cc3cc(F)ccc3s2)nc1. The lowest BCUT2D eigenvalue weighted by atomic mass is 10.2. The number of nitrogen functional groups attached to an aromatic ring is 1. The molecule has 84 valence electrons. The van der Waals surface area contributed by atoms with Gasteiger partial charge in [-0.3, -0.25) is 4.98 Å². The molecule has 2 aromatic heterocycles. The topological polar surface area (TPSA) is 38.9 Å². The lowest BCUT2D eigenvalue weighted by Crippen LogP contribution is -1.86. The number of nitrogens with two attached hydrogens (primary N) is 1. The Kier molecular flexibility index (Phi) is 2.30. The van der Waals surface area contributed by atoms with Gasteiger partial charge in [0, 0.05) is 4.70 Å². The van der Waals surface area contributed by atoms with Crippen LogP contribution >= 0.6 is 11.3 Å². The molecule has 0 atom stereocenters. The van der Waals surface area contributed by atoms with Crippen molar-refractivity contribution in [3.05, 3.63) is 48.4 Å². The zero-order valence-corrected chi connectivity index (χ0v) is 9.67. The number of fused-ring (bicyclic) bond motifs is 1. The van der Waals surface area contributed by atoms with Gasteiger partial charge in [-0.05, 0) is 41.8 Å². The van der Waals surface area contributed by atoms with Crippen LogP contribution in [0.3, 0.4) is 0 Å². The quantitative estimate of drug-likeness (QED) is 0.709. The zero-order chi connectivity index (χ0) is 11.8. The number of hydrogen-bond donors (Lipinski definition) is 1. The summed E-state index contributed by atoms with van der Waals surface area (Å²) in [5, 5.41) is 0.906. The van der Waals surface area contributed by atoms with Crippen molar-refractivity contribution in [2.45, 2.75) is 0 Å². The van der Waals surface area contributed by atoms with Gasteiger partial charge in [0.2, 0.25) is 0 Å². The smallest absolute Gasteiger partial charge is 0.123 e. The Morgan fingerprint density at radius 2 is 2.00 bits per heavy atom. The van der Waals surface area contributed by atoms with Crippen molar-refractivity contribution in [3.8, 4) is 10.6 Å². The first-order valence-electron chi connectivity index (χ1n) is 5.13. The number of nitrogens with zero attached hydrogens (tertiary/aromatic N) is 1. The van der Waals surface area contributed by atoms with Crippen LogP contribution in [0.15, 0.2) is 42.6 Å². The Labute approximate surface area is 102 Å². The molecule has 0 amide bonds. The highest BCUT2D eigenvalue weighted by atomic mass is 32.1. The van der Waals surface area contributed by atoms with Crippen LogP contribution < -0.4 is 5.73 Å². The van der Waals surface area contributed by atoms with Gasteiger partial charge in [0.1, 0.15) is 5.82 Å². The molecule has 0 aliphatic heterocycles. The van der Waals surface area contributed by atoms with Crippen molar-refractivity contribution < 1.29 is 4.39 Å². The first-order chi connectivity index (χ1) is 8.22. The summed E-state index contributed by atoms with van der Waals surface area (Å²) in [6.45, 7) is 0. The first kappa shape index (κ1) is 10.2. The molecule has 0 saturated heterocycles. The summed E-state index contributed by atoms with van der Waals surface area (Å²) in [5.74, 6) is -0.216. The average molecular weight is 244 g/mol. The van der Waals surface area contributed by atoms with Gasteiger partial charge in [-0.2, -0.15) is 0 Å². The molecule has 3 aromatic rings. The third-order valence-corrected chi connectivity index (χ3v) is 3.66. The number of anilines is 1. The van der Waals surface area contributed by atoms with E-state index in [0.717, 1.165) is 20.7 Å². The predicted molar refractivity (Wildman–Crippen MR) is 69.4 cm³/mol. The first-order valence-corrected chi connectivity index (χ1v) is 5.95. The molecule has 0 unspecified atom stereocenters. The molecule has 0 aliphatic rings. The van der Waals surface area contributed by atoms with E-state index in [1.165, 1.54) is 12.1 Å². The Balaban J connectivity index is 2.14. The molecule has 0 spiro atoms. The molecule has 0 radical (unpaired) electrons. The van der Waals surface area contributed by atoms with Crippen molar-refractivity contribution in [1.29, 1.82) is 0 Å². The highest BCUT2D eigenvalue weighted by Crippen LogP contribution is 2.32. The van der Waals surface area contributed by atoms with Crippen molar-refractivity contribution >= 4 is 27.1 Å². The fourth-order valence-electron chi connectivity index (χ4n) is 1.69. The number of halogens is 1. The van der Waals surface area contributed by atoms with Gasteiger partial charge in [0.05, 0.1) is 22.5 Å². The lowest BCUT2D eigenvalue weighted by molar-refractivity contribution is 0.630. The van der Waals surface area contributed by atoms with Crippen molar-refractivity contribution in [2.24, 2.45) is 0 Å². The van der Waals surface area contributed by atoms with E-state index < -0.39 is 0 Å².